The molecule has 0 atom stereocenters. The lowest BCUT2D eigenvalue weighted by molar-refractivity contribution is -0.154. The van der Waals surface area contributed by atoms with Gasteiger partial charge in [0.2, 0.25) is 5.91 Å². The van der Waals surface area contributed by atoms with Crippen molar-refractivity contribution in [3.8, 4) is 0 Å². The molecule has 1 aliphatic rings. The van der Waals surface area contributed by atoms with E-state index in [4.69, 9.17) is 5.73 Å². The van der Waals surface area contributed by atoms with E-state index in [1.807, 2.05) is 11.8 Å². The number of hydrogen-bond acceptors (Lipinski definition) is 3. The van der Waals surface area contributed by atoms with Crippen molar-refractivity contribution in [1.29, 1.82) is 0 Å². The molecular weight excluding hydrogens is 244 g/mol. The van der Waals surface area contributed by atoms with Crippen LogP contribution in [0.15, 0.2) is 0 Å². The Morgan fingerprint density at radius 2 is 1.84 bits per heavy atom. The molecule has 110 valence electrons. The fourth-order valence-corrected chi connectivity index (χ4v) is 2.66. The Morgan fingerprint density at radius 1 is 1.21 bits per heavy atom. The summed E-state index contributed by atoms with van der Waals surface area (Å²) in [6, 6.07) is 0. The first-order valence-corrected chi connectivity index (χ1v) is 7.27. The molecule has 19 heavy (non-hydrogen) atoms. The van der Waals surface area contributed by atoms with Gasteiger partial charge in [-0.15, -0.1) is 0 Å². The number of nitrogens with zero attached hydrogens (tertiary/aromatic N) is 1. The number of unbranched alkanes of at least 4 members (excludes halogenated alkanes) is 2. The number of carbonyl (C=O) groups is 2. The average Bonchev–Trinajstić information content (AvgIpc) is 2.43. The molecule has 5 heteroatoms. The summed E-state index contributed by atoms with van der Waals surface area (Å²) in [5.41, 5.74) is 4.80. The van der Waals surface area contributed by atoms with Crippen LogP contribution in [-0.2, 0) is 9.59 Å². The van der Waals surface area contributed by atoms with E-state index in [1.54, 1.807) is 0 Å². The quantitative estimate of drug-likeness (QED) is 0.688. The highest BCUT2D eigenvalue weighted by atomic mass is 16.4. The van der Waals surface area contributed by atoms with Crippen LogP contribution in [0.3, 0.4) is 0 Å². The van der Waals surface area contributed by atoms with E-state index in [2.05, 4.69) is 0 Å². The van der Waals surface area contributed by atoms with E-state index in [9.17, 15) is 14.7 Å². The number of nitrogens with two attached hydrogens (primary N) is 1. The fourth-order valence-electron chi connectivity index (χ4n) is 2.66. The summed E-state index contributed by atoms with van der Waals surface area (Å²) >= 11 is 0. The molecule has 5 nitrogen and oxygen atoms in total. The normalized spacial score (nSPS) is 18.3. The third-order valence-electron chi connectivity index (χ3n) is 4.30. The minimum atomic E-state index is -0.718. The van der Waals surface area contributed by atoms with Crippen molar-refractivity contribution >= 4 is 11.9 Å². The number of hydrogen-bond donors (Lipinski definition) is 2. The number of likely N-dealkylation sites (tertiary alicyclic amines) is 1. The van der Waals surface area contributed by atoms with Crippen molar-refractivity contribution in [2.75, 3.05) is 19.6 Å². The van der Waals surface area contributed by atoms with Gasteiger partial charge in [-0.05, 0) is 38.6 Å². The number of carboxylic acid groups (broad SMARTS) is 1. The second kappa shape index (κ2) is 7.48. The third-order valence-corrected chi connectivity index (χ3v) is 4.30. The van der Waals surface area contributed by atoms with E-state index in [0.29, 0.717) is 45.3 Å². The Morgan fingerprint density at radius 3 is 2.32 bits per heavy atom. The maximum Gasteiger partial charge on any atom is 0.309 e. The molecule has 1 rings (SSSR count). The third kappa shape index (κ3) is 4.20. The standard InChI is InChI=1S/C14H26N2O3/c1-2-14(13(18)19)7-10-16(11-8-14)12(17)6-4-3-5-9-15/h2-11,15H2,1H3,(H,18,19). The number of carbonyl (C=O) groups excluding carboxylic acids is 1. The summed E-state index contributed by atoms with van der Waals surface area (Å²) in [4.78, 5) is 25.1. The molecule has 1 heterocycles. The molecule has 0 aliphatic carbocycles. The van der Waals surface area contributed by atoms with Gasteiger partial charge in [0, 0.05) is 19.5 Å². The van der Waals surface area contributed by atoms with E-state index < -0.39 is 11.4 Å². The Hall–Kier alpha value is -1.10. The number of carboxylic acids is 1. The van der Waals surface area contributed by atoms with E-state index >= 15 is 0 Å². The molecule has 0 aromatic heterocycles. The smallest absolute Gasteiger partial charge is 0.309 e. The molecule has 0 aromatic carbocycles. The first-order valence-electron chi connectivity index (χ1n) is 7.27. The van der Waals surface area contributed by atoms with Crippen LogP contribution in [0.4, 0.5) is 0 Å². The molecule has 1 aliphatic heterocycles. The highest BCUT2D eigenvalue weighted by Gasteiger charge is 2.40. The summed E-state index contributed by atoms with van der Waals surface area (Å²) in [7, 11) is 0. The topological polar surface area (TPSA) is 83.6 Å². The lowest BCUT2D eigenvalue weighted by atomic mass is 9.76. The maximum absolute atomic E-state index is 12.0. The van der Waals surface area contributed by atoms with Crippen molar-refractivity contribution in [1.82, 2.24) is 4.90 Å². The minimum absolute atomic E-state index is 0.159. The van der Waals surface area contributed by atoms with Gasteiger partial charge in [0.05, 0.1) is 5.41 Å². The second-order valence-corrected chi connectivity index (χ2v) is 5.42. The van der Waals surface area contributed by atoms with Gasteiger partial charge in [0.25, 0.3) is 0 Å². The number of amides is 1. The fraction of sp³-hybridized carbons (Fsp3) is 0.857. The molecule has 0 saturated carbocycles. The van der Waals surface area contributed by atoms with Gasteiger partial charge >= 0.3 is 5.97 Å². The summed E-state index contributed by atoms with van der Waals surface area (Å²) in [6.07, 6.45) is 5.19. The van der Waals surface area contributed by atoms with Gasteiger partial charge in [-0.25, -0.2) is 0 Å². The zero-order valence-electron chi connectivity index (χ0n) is 11.9. The van der Waals surface area contributed by atoms with Crippen LogP contribution in [0.5, 0.6) is 0 Å². The van der Waals surface area contributed by atoms with E-state index in [1.165, 1.54) is 0 Å². The molecule has 0 bridgehead atoms. The molecule has 1 amide bonds. The Bertz CT molecular complexity index is 310. The van der Waals surface area contributed by atoms with Crippen LogP contribution < -0.4 is 5.73 Å². The van der Waals surface area contributed by atoms with Gasteiger partial charge < -0.3 is 15.7 Å². The number of piperidine rings is 1. The molecule has 0 unspecified atom stereocenters. The zero-order chi connectivity index (χ0) is 14.3. The first kappa shape index (κ1) is 16.0. The highest BCUT2D eigenvalue weighted by Crippen LogP contribution is 2.35. The Balaban J connectivity index is 2.36. The van der Waals surface area contributed by atoms with Crippen LogP contribution in [0.25, 0.3) is 0 Å². The van der Waals surface area contributed by atoms with Crippen molar-refractivity contribution < 1.29 is 14.7 Å². The maximum atomic E-state index is 12.0. The molecule has 0 spiro atoms. The van der Waals surface area contributed by atoms with E-state index in [0.717, 1.165) is 19.3 Å². The van der Waals surface area contributed by atoms with E-state index in [-0.39, 0.29) is 5.91 Å². The van der Waals surface area contributed by atoms with Crippen LogP contribution in [0, 0.1) is 5.41 Å². The van der Waals surface area contributed by atoms with Crippen molar-refractivity contribution in [2.24, 2.45) is 11.1 Å². The molecule has 0 radical (unpaired) electrons. The summed E-state index contributed by atoms with van der Waals surface area (Å²) in [5, 5.41) is 9.30. The summed E-state index contributed by atoms with van der Waals surface area (Å²) < 4.78 is 0. The van der Waals surface area contributed by atoms with Gasteiger partial charge in [0.15, 0.2) is 0 Å². The largest absolute Gasteiger partial charge is 0.481 e. The van der Waals surface area contributed by atoms with Crippen LogP contribution in [-0.4, -0.2) is 41.5 Å². The predicted octanol–water partition coefficient (Wildman–Crippen LogP) is 1.61. The molecule has 3 N–H and O–H groups in total. The van der Waals surface area contributed by atoms with Gasteiger partial charge in [-0.3, -0.25) is 9.59 Å². The molecule has 1 saturated heterocycles. The summed E-state index contributed by atoms with van der Waals surface area (Å²) in [5.74, 6) is -0.558. The monoisotopic (exact) mass is 270 g/mol. The molecule has 1 fully saturated rings. The Kier molecular flexibility index (Phi) is 6.28. The molecule has 0 aromatic rings. The van der Waals surface area contributed by atoms with Crippen LogP contribution in [0.2, 0.25) is 0 Å². The van der Waals surface area contributed by atoms with Crippen molar-refractivity contribution in [3.05, 3.63) is 0 Å². The van der Waals surface area contributed by atoms with Gasteiger partial charge in [-0.1, -0.05) is 13.3 Å². The lowest BCUT2D eigenvalue weighted by Crippen LogP contribution is -2.46. The predicted molar refractivity (Wildman–Crippen MR) is 73.7 cm³/mol. The second-order valence-electron chi connectivity index (χ2n) is 5.42. The Labute approximate surface area is 115 Å². The molecular formula is C14H26N2O3. The van der Waals surface area contributed by atoms with Crippen LogP contribution in [0.1, 0.15) is 51.9 Å². The summed E-state index contributed by atoms with van der Waals surface area (Å²) in [6.45, 7) is 3.75. The average molecular weight is 270 g/mol. The SMILES string of the molecule is CCC1(C(=O)O)CCN(C(=O)CCCCCN)CC1. The van der Waals surface area contributed by atoms with Gasteiger partial charge in [-0.2, -0.15) is 0 Å². The van der Waals surface area contributed by atoms with Crippen molar-refractivity contribution in [2.45, 2.75) is 51.9 Å². The number of rotatable bonds is 7. The zero-order valence-corrected chi connectivity index (χ0v) is 11.9. The lowest BCUT2D eigenvalue weighted by Gasteiger charge is -2.38. The van der Waals surface area contributed by atoms with Crippen molar-refractivity contribution in [3.63, 3.8) is 0 Å². The van der Waals surface area contributed by atoms with Crippen LogP contribution >= 0.6 is 0 Å². The highest BCUT2D eigenvalue weighted by molar-refractivity contribution is 5.78. The van der Waals surface area contributed by atoms with Gasteiger partial charge in [0.1, 0.15) is 0 Å². The number of aliphatic carboxylic acids is 1. The minimum Gasteiger partial charge on any atom is -0.481 e. The first-order chi connectivity index (χ1) is 9.05.